The highest BCUT2D eigenvalue weighted by molar-refractivity contribution is 6.05. The van der Waals surface area contributed by atoms with Crippen molar-refractivity contribution in [3.05, 3.63) is 0 Å². The van der Waals surface area contributed by atoms with Crippen LogP contribution in [0.2, 0.25) is 0 Å². The minimum atomic E-state index is -1.10. The van der Waals surface area contributed by atoms with Gasteiger partial charge in [-0.1, -0.05) is 0 Å². The fraction of sp³-hybridized carbons (Fsp3) is 0.857. The average Bonchev–Trinajstić information content (AvgIpc) is 2.61. The van der Waals surface area contributed by atoms with Crippen LogP contribution in [0.4, 0.5) is 0 Å². The SMILES string of the molecule is CC(C)(C)NC(=O)C(C)(C)C(C(=O)N1CCCCC1)C(=O)N1CCCCC1. The smallest absolute Gasteiger partial charge is 0.236 e. The normalized spacial score (nSPS) is 19.2. The van der Waals surface area contributed by atoms with E-state index in [0.717, 1.165) is 38.5 Å². The second-order valence-corrected chi connectivity index (χ2v) is 9.63. The van der Waals surface area contributed by atoms with Crippen molar-refractivity contribution in [1.29, 1.82) is 0 Å². The monoisotopic (exact) mass is 379 g/mol. The molecule has 3 amide bonds. The minimum Gasteiger partial charge on any atom is -0.351 e. The van der Waals surface area contributed by atoms with Gasteiger partial charge in [-0.2, -0.15) is 0 Å². The maximum Gasteiger partial charge on any atom is 0.236 e. The number of piperidine rings is 2. The Morgan fingerprint density at radius 2 is 1.07 bits per heavy atom. The molecule has 0 aliphatic carbocycles. The minimum absolute atomic E-state index is 0.181. The summed E-state index contributed by atoms with van der Waals surface area (Å²) in [5.74, 6) is -1.56. The number of hydrogen-bond acceptors (Lipinski definition) is 3. The molecule has 0 unspecified atom stereocenters. The molecule has 2 aliphatic rings. The molecule has 6 nitrogen and oxygen atoms in total. The van der Waals surface area contributed by atoms with Gasteiger partial charge in [0, 0.05) is 31.7 Å². The van der Waals surface area contributed by atoms with Crippen molar-refractivity contribution in [3.8, 4) is 0 Å². The molecule has 0 aromatic rings. The summed E-state index contributed by atoms with van der Waals surface area (Å²) in [7, 11) is 0. The van der Waals surface area contributed by atoms with Crippen molar-refractivity contribution >= 4 is 17.7 Å². The maximum atomic E-state index is 13.4. The largest absolute Gasteiger partial charge is 0.351 e. The van der Waals surface area contributed by atoms with E-state index in [-0.39, 0.29) is 17.7 Å². The molecule has 0 bridgehead atoms. The van der Waals surface area contributed by atoms with Gasteiger partial charge in [0.1, 0.15) is 5.92 Å². The van der Waals surface area contributed by atoms with Crippen LogP contribution < -0.4 is 5.32 Å². The van der Waals surface area contributed by atoms with Gasteiger partial charge in [0.25, 0.3) is 0 Å². The summed E-state index contributed by atoms with van der Waals surface area (Å²) in [6.07, 6.45) is 6.08. The molecule has 2 rings (SSSR count). The first-order chi connectivity index (χ1) is 12.5. The van der Waals surface area contributed by atoms with E-state index < -0.39 is 16.9 Å². The Hall–Kier alpha value is -1.59. The van der Waals surface area contributed by atoms with Crippen molar-refractivity contribution < 1.29 is 14.4 Å². The van der Waals surface area contributed by atoms with E-state index in [1.165, 1.54) is 0 Å². The summed E-state index contributed by atoms with van der Waals surface area (Å²) in [4.78, 5) is 43.4. The first-order valence-electron chi connectivity index (χ1n) is 10.4. The Morgan fingerprint density at radius 3 is 1.41 bits per heavy atom. The Balaban J connectivity index is 2.30. The van der Waals surface area contributed by atoms with Crippen LogP contribution in [0.15, 0.2) is 0 Å². The Morgan fingerprint density at radius 1 is 0.704 bits per heavy atom. The number of carbonyl (C=O) groups excluding carboxylic acids is 3. The van der Waals surface area contributed by atoms with Gasteiger partial charge in [-0.25, -0.2) is 0 Å². The lowest BCUT2D eigenvalue weighted by molar-refractivity contribution is -0.159. The molecule has 0 saturated carbocycles. The topological polar surface area (TPSA) is 69.7 Å². The van der Waals surface area contributed by atoms with Gasteiger partial charge in [0.05, 0.1) is 5.41 Å². The third-order valence-electron chi connectivity index (χ3n) is 5.62. The predicted octanol–water partition coefficient (Wildman–Crippen LogP) is 2.57. The predicted molar refractivity (Wildman–Crippen MR) is 106 cm³/mol. The molecule has 2 heterocycles. The summed E-state index contributed by atoms with van der Waals surface area (Å²) < 4.78 is 0. The summed E-state index contributed by atoms with van der Waals surface area (Å²) in [5, 5.41) is 2.98. The van der Waals surface area contributed by atoms with Crippen LogP contribution in [0.3, 0.4) is 0 Å². The van der Waals surface area contributed by atoms with Gasteiger partial charge >= 0.3 is 0 Å². The number of likely N-dealkylation sites (tertiary alicyclic amines) is 2. The second kappa shape index (κ2) is 8.61. The molecule has 0 radical (unpaired) electrons. The van der Waals surface area contributed by atoms with E-state index in [1.807, 2.05) is 20.8 Å². The number of amides is 3. The molecular formula is C21H37N3O3. The zero-order valence-corrected chi connectivity index (χ0v) is 17.8. The van der Waals surface area contributed by atoms with Gasteiger partial charge in [-0.3, -0.25) is 14.4 Å². The maximum absolute atomic E-state index is 13.4. The van der Waals surface area contributed by atoms with Crippen molar-refractivity contribution in [2.24, 2.45) is 11.3 Å². The molecule has 6 heteroatoms. The van der Waals surface area contributed by atoms with Crippen molar-refractivity contribution in [1.82, 2.24) is 15.1 Å². The van der Waals surface area contributed by atoms with Crippen LogP contribution in [-0.4, -0.2) is 59.2 Å². The highest BCUT2D eigenvalue weighted by Gasteiger charge is 2.49. The first kappa shape index (κ1) is 21.7. The highest BCUT2D eigenvalue weighted by atomic mass is 16.2. The van der Waals surface area contributed by atoms with Gasteiger partial charge in [0.2, 0.25) is 17.7 Å². The van der Waals surface area contributed by atoms with E-state index in [9.17, 15) is 14.4 Å². The lowest BCUT2D eigenvalue weighted by Gasteiger charge is -2.40. The molecule has 2 fully saturated rings. The van der Waals surface area contributed by atoms with E-state index in [0.29, 0.717) is 26.2 Å². The molecule has 0 aromatic heterocycles. The van der Waals surface area contributed by atoms with Crippen LogP contribution in [-0.2, 0) is 14.4 Å². The molecule has 0 atom stereocenters. The summed E-state index contributed by atoms with van der Waals surface area (Å²) in [5.41, 5.74) is -1.52. The standard InChI is InChI=1S/C21H37N3O3/c1-20(2,3)22-19(27)21(4,5)16(17(25)23-12-8-6-9-13-23)18(26)24-14-10-7-11-15-24/h16H,6-15H2,1-5H3,(H,22,27). The Bertz CT molecular complexity index is 524. The number of rotatable bonds is 4. The lowest BCUT2D eigenvalue weighted by Crippen LogP contribution is -2.58. The number of nitrogens with one attached hydrogen (secondary N) is 1. The third-order valence-corrected chi connectivity index (χ3v) is 5.62. The molecule has 154 valence electrons. The zero-order chi connectivity index (χ0) is 20.2. The number of hydrogen-bond donors (Lipinski definition) is 1. The van der Waals surface area contributed by atoms with E-state index in [2.05, 4.69) is 5.32 Å². The summed E-state index contributed by atoms with van der Waals surface area (Å²) in [6, 6.07) is 0. The van der Waals surface area contributed by atoms with Gasteiger partial charge < -0.3 is 15.1 Å². The third kappa shape index (κ3) is 5.45. The number of carbonyl (C=O) groups is 3. The van der Waals surface area contributed by atoms with Crippen LogP contribution in [0.1, 0.15) is 73.1 Å². The van der Waals surface area contributed by atoms with Crippen LogP contribution in [0, 0.1) is 11.3 Å². The van der Waals surface area contributed by atoms with Crippen LogP contribution in [0.25, 0.3) is 0 Å². The lowest BCUT2D eigenvalue weighted by atomic mass is 9.75. The van der Waals surface area contributed by atoms with Crippen molar-refractivity contribution in [2.75, 3.05) is 26.2 Å². The van der Waals surface area contributed by atoms with Crippen LogP contribution >= 0.6 is 0 Å². The number of nitrogens with zero attached hydrogens (tertiary/aromatic N) is 2. The van der Waals surface area contributed by atoms with E-state index in [4.69, 9.17) is 0 Å². The van der Waals surface area contributed by atoms with Gasteiger partial charge in [-0.05, 0) is 73.1 Å². The van der Waals surface area contributed by atoms with E-state index in [1.54, 1.807) is 23.6 Å². The molecular weight excluding hydrogens is 342 g/mol. The highest BCUT2D eigenvalue weighted by Crippen LogP contribution is 2.33. The molecule has 27 heavy (non-hydrogen) atoms. The van der Waals surface area contributed by atoms with Crippen LogP contribution in [0.5, 0.6) is 0 Å². The molecule has 1 N–H and O–H groups in total. The summed E-state index contributed by atoms with van der Waals surface area (Å²) in [6.45, 7) is 11.9. The van der Waals surface area contributed by atoms with Gasteiger partial charge in [0.15, 0.2) is 0 Å². The molecule has 2 aliphatic heterocycles. The van der Waals surface area contributed by atoms with Crippen molar-refractivity contribution in [2.45, 2.75) is 78.7 Å². The fourth-order valence-electron chi connectivity index (χ4n) is 3.95. The Labute approximate surface area is 164 Å². The summed E-state index contributed by atoms with van der Waals surface area (Å²) >= 11 is 0. The molecule has 0 spiro atoms. The fourth-order valence-corrected chi connectivity index (χ4v) is 3.95. The molecule has 0 aromatic carbocycles. The average molecular weight is 380 g/mol. The molecule has 2 saturated heterocycles. The Kier molecular flexibility index (Phi) is 6.92. The zero-order valence-electron chi connectivity index (χ0n) is 17.8. The van der Waals surface area contributed by atoms with Crippen molar-refractivity contribution in [3.63, 3.8) is 0 Å². The van der Waals surface area contributed by atoms with E-state index >= 15 is 0 Å². The first-order valence-corrected chi connectivity index (χ1v) is 10.4. The quantitative estimate of drug-likeness (QED) is 0.763. The van der Waals surface area contributed by atoms with Gasteiger partial charge in [-0.15, -0.1) is 0 Å². The second-order valence-electron chi connectivity index (χ2n) is 9.63.